The summed E-state index contributed by atoms with van der Waals surface area (Å²) in [7, 11) is 1.71. The molecule has 0 bridgehead atoms. The fraction of sp³-hybridized carbons (Fsp3) is 0.500. The molecule has 0 unspecified atom stereocenters. The van der Waals surface area contributed by atoms with Crippen molar-refractivity contribution in [3.8, 4) is 0 Å². The molecule has 1 aromatic rings. The zero-order chi connectivity index (χ0) is 10.1. The van der Waals surface area contributed by atoms with Gasteiger partial charge in [0.05, 0.1) is 6.26 Å². The highest BCUT2D eigenvalue weighted by Gasteiger charge is 2.26. The Morgan fingerprint density at radius 2 is 2.08 bits per heavy atom. The summed E-state index contributed by atoms with van der Waals surface area (Å²) in [6.45, 7) is 5.65. The number of carbonyl (C=O) groups excluding carboxylic acids is 1. The summed E-state index contributed by atoms with van der Waals surface area (Å²) >= 11 is 0. The number of anilines is 1. The molecule has 1 rings (SSSR count). The second-order valence-electron chi connectivity index (χ2n) is 4.07. The lowest BCUT2D eigenvalue weighted by atomic mass is 9.95. The van der Waals surface area contributed by atoms with Crippen LogP contribution in [0.1, 0.15) is 20.8 Å². The van der Waals surface area contributed by atoms with Crippen LogP contribution in [0.2, 0.25) is 0 Å². The van der Waals surface area contributed by atoms with Crippen LogP contribution >= 0.6 is 0 Å². The first-order valence-electron chi connectivity index (χ1n) is 4.24. The van der Waals surface area contributed by atoms with Crippen molar-refractivity contribution in [2.75, 3.05) is 11.9 Å². The van der Waals surface area contributed by atoms with Crippen LogP contribution in [0.4, 0.5) is 5.88 Å². The number of furan rings is 1. The van der Waals surface area contributed by atoms with Crippen LogP contribution in [-0.2, 0) is 4.79 Å². The summed E-state index contributed by atoms with van der Waals surface area (Å²) in [5.41, 5.74) is -0.373. The Kier molecular flexibility index (Phi) is 2.45. The molecule has 0 aliphatic rings. The van der Waals surface area contributed by atoms with Crippen LogP contribution in [0.25, 0.3) is 0 Å². The number of rotatable bonds is 1. The molecule has 0 aliphatic heterocycles. The average molecular weight is 181 g/mol. The molecule has 0 aliphatic carbocycles. The van der Waals surface area contributed by atoms with Crippen molar-refractivity contribution < 1.29 is 9.21 Å². The summed E-state index contributed by atoms with van der Waals surface area (Å²) in [5, 5.41) is 0. The first-order valence-corrected chi connectivity index (χ1v) is 4.24. The highest BCUT2D eigenvalue weighted by Crippen LogP contribution is 2.21. The van der Waals surface area contributed by atoms with Crippen molar-refractivity contribution in [2.45, 2.75) is 20.8 Å². The van der Waals surface area contributed by atoms with E-state index in [-0.39, 0.29) is 11.3 Å². The van der Waals surface area contributed by atoms with E-state index in [1.807, 2.05) is 20.8 Å². The molecule has 0 spiro atoms. The highest BCUT2D eigenvalue weighted by atomic mass is 16.3. The molecule has 1 amide bonds. The summed E-state index contributed by atoms with van der Waals surface area (Å²) < 4.78 is 5.12. The summed E-state index contributed by atoms with van der Waals surface area (Å²) in [4.78, 5) is 13.3. The third kappa shape index (κ3) is 2.11. The molecule has 72 valence electrons. The molecular weight excluding hydrogens is 166 g/mol. The van der Waals surface area contributed by atoms with Gasteiger partial charge in [0.15, 0.2) is 0 Å². The number of carbonyl (C=O) groups is 1. The SMILES string of the molecule is CN(C(=O)C(C)(C)C)c1ccco1. The Hall–Kier alpha value is -1.25. The molecule has 3 heteroatoms. The van der Waals surface area contributed by atoms with Gasteiger partial charge in [-0.3, -0.25) is 9.69 Å². The van der Waals surface area contributed by atoms with E-state index in [0.29, 0.717) is 5.88 Å². The Morgan fingerprint density at radius 1 is 1.46 bits per heavy atom. The van der Waals surface area contributed by atoms with Gasteiger partial charge in [0.2, 0.25) is 11.8 Å². The van der Waals surface area contributed by atoms with Crippen LogP contribution in [-0.4, -0.2) is 13.0 Å². The lowest BCUT2D eigenvalue weighted by Gasteiger charge is -2.23. The second-order valence-corrected chi connectivity index (χ2v) is 4.07. The zero-order valence-corrected chi connectivity index (χ0v) is 8.50. The molecule has 0 N–H and O–H groups in total. The van der Waals surface area contributed by atoms with E-state index in [0.717, 1.165) is 0 Å². The van der Waals surface area contributed by atoms with E-state index in [9.17, 15) is 4.79 Å². The van der Waals surface area contributed by atoms with Crippen molar-refractivity contribution in [3.05, 3.63) is 18.4 Å². The Bertz CT molecular complexity index is 282. The van der Waals surface area contributed by atoms with E-state index in [2.05, 4.69) is 0 Å². The Morgan fingerprint density at radius 3 is 2.46 bits per heavy atom. The molecular formula is C10H15NO2. The minimum Gasteiger partial charge on any atom is -0.448 e. The lowest BCUT2D eigenvalue weighted by Crippen LogP contribution is -2.36. The van der Waals surface area contributed by atoms with Gasteiger partial charge in [-0.25, -0.2) is 0 Å². The van der Waals surface area contributed by atoms with Crippen molar-refractivity contribution in [3.63, 3.8) is 0 Å². The number of hydrogen-bond donors (Lipinski definition) is 0. The van der Waals surface area contributed by atoms with Gasteiger partial charge in [0, 0.05) is 18.5 Å². The molecule has 1 aromatic heterocycles. The maximum atomic E-state index is 11.7. The largest absolute Gasteiger partial charge is 0.448 e. The maximum Gasteiger partial charge on any atom is 0.234 e. The van der Waals surface area contributed by atoms with Gasteiger partial charge in [-0.05, 0) is 6.07 Å². The fourth-order valence-electron chi connectivity index (χ4n) is 1.06. The lowest BCUT2D eigenvalue weighted by molar-refractivity contribution is -0.125. The van der Waals surface area contributed by atoms with Crippen molar-refractivity contribution in [1.82, 2.24) is 0 Å². The van der Waals surface area contributed by atoms with E-state index in [1.54, 1.807) is 25.4 Å². The molecule has 3 nitrogen and oxygen atoms in total. The third-order valence-corrected chi connectivity index (χ3v) is 1.78. The normalized spacial score (nSPS) is 11.4. The molecule has 13 heavy (non-hydrogen) atoms. The fourth-order valence-corrected chi connectivity index (χ4v) is 1.06. The number of amides is 1. The van der Waals surface area contributed by atoms with Gasteiger partial charge >= 0.3 is 0 Å². The van der Waals surface area contributed by atoms with E-state index >= 15 is 0 Å². The molecule has 1 heterocycles. The van der Waals surface area contributed by atoms with Gasteiger partial charge in [-0.2, -0.15) is 0 Å². The first kappa shape index (κ1) is 9.84. The molecule has 0 saturated heterocycles. The minimum absolute atomic E-state index is 0.0439. The van der Waals surface area contributed by atoms with E-state index in [4.69, 9.17) is 4.42 Å². The maximum absolute atomic E-state index is 11.7. The molecule has 0 saturated carbocycles. The van der Waals surface area contributed by atoms with Gasteiger partial charge < -0.3 is 4.42 Å². The Balaban J connectivity index is 2.81. The summed E-state index contributed by atoms with van der Waals surface area (Å²) in [6, 6.07) is 3.53. The van der Waals surface area contributed by atoms with Gasteiger partial charge in [0.25, 0.3) is 0 Å². The highest BCUT2D eigenvalue weighted by molar-refractivity contribution is 5.95. The molecule has 0 fully saturated rings. The van der Waals surface area contributed by atoms with Crippen LogP contribution < -0.4 is 4.90 Å². The molecule has 0 radical (unpaired) electrons. The van der Waals surface area contributed by atoms with Gasteiger partial charge in [0.1, 0.15) is 0 Å². The standard InChI is InChI=1S/C10H15NO2/c1-10(2,3)9(12)11(4)8-6-5-7-13-8/h5-7H,1-4H3. The molecule has 0 aromatic carbocycles. The smallest absolute Gasteiger partial charge is 0.234 e. The van der Waals surface area contributed by atoms with Crippen LogP contribution in [0, 0.1) is 5.41 Å². The molecule has 0 atom stereocenters. The monoisotopic (exact) mass is 181 g/mol. The summed E-state index contributed by atoms with van der Waals surface area (Å²) in [5.74, 6) is 0.627. The van der Waals surface area contributed by atoms with E-state index < -0.39 is 0 Å². The Labute approximate surface area is 78.3 Å². The summed E-state index contributed by atoms with van der Waals surface area (Å²) in [6.07, 6.45) is 1.56. The third-order valence-electron chi connectivity index (χ3n) is 1.78. The predicted octanol–water partition coefficient (Wildman–Crippen LogP) is 2.29. The van der Waals surface area contributed by atoms with Crippen molar-refractivity contribution in [2.24, 2.45) is 5.41 Å². The van der Waals surface area contributed by atoms with E-state index in [1.165, 1.54) is 4.90 Å². The quantitative estimate of drug-likeness (QED) is 0.666. The van der Waals surface area contributed by atoms with Crippen LogP contribution in [0.3, 0.4) is 0 Å². The van der Waals surface area contributed by atoms with Gasteiger partial charge in [-0.1, -0.05) is 20.8 Å². The predicted molar refractivity (Wildman–Crippen MR) is 51.6 cm³/mol. The number of nitrogens with zero attached hydrogens (tertiary/aromatic N) is 1. The van der Waals surface area contributed by atoms with Crippen LogP contribution in [0.15, 0.2) is 22.8 Å². The van der Waals surface area contributed by atoms with Crippen LogP contribution in [0.5, 0.6) is 0 Å². The second kappa shape index (κ2) is 3.24. The minimum atomic E-state index is -0.373. The van der Waals surface area contributed by atoms with Crippen molar-refractivity contribution >= 4 is 11.8 Å². The number of hydrogen-bond acceptors (Lipinski definition) is 2. The average Bonchev–Trinajstić information content (AvgIpc) is 2.51. The van der Waals surface area contributed by atoms with Crippen molar-refractivity contribution in [1.29, 1.82) is 0 Å². The van der Waals surface area contributed by atoms with Gasteiger partial charge in [-0.15, -0.1) is 0 Å². The first-order chi connectivity index (χ1) is 5.93. The zero-order valence-electron chi connectivity index (χ0n) is 8.50. The topological polar surface area (TPSA) is 33.5 Å².